The van der Waals surface area contributed by atoms with E-state index in [0.29, 0.717) is 5.92 Å². The first-order chi connectivity index (χ1) is 24.5. The fourth-order valence-electron chi connectivity index (χ4n) is 7.25. The SMILES string of the molecule is CC(C)c1cc2c(-c3ccccc3)cccc2[cH-]1.Cc1cc2c(-c3cccc4ccccc34)cc(-c3cccc4ccccc34)cc2[cH-]1.[CH3-].[CH3-].[Si]=[Zr]. The van der Waals surface area contributed by atoms with E-state index >= 15 is 0 Å². The first-order valence-electron chi connectivity index (χ1n) is 17.2. The van der Waals surface area contributed by atoms with E-state index in [1.165, 1.54) is 111 Å². The van der Waals surface area contributed by atoms with Gasteiger partial charge in [-0.2, -0.15) is 12.1 Å². The molecule has 0 amide bonds. The van der Waals surface area contributed by atoms with Gasteiger partial charge < -0.3 is 14.9 Å². The van der Waals surface area contributed by atoms with Crippen LogP contribution in [0.15, 0.2) is 170 Å². The van der Waals surface area contributed by atoms with Gasteiger partial charge in [0.1, 0.15) is 0 Å². The molecule has 2 radical (unpaired) electrons. The van der Waals surface area contributed by atoms with Crippen LogP contribution in [0.25, 0.3) is 76.5 Å². The topological polar surface area (TPSA) is 0 Å². The Labute approximate surface area is 327 Å². The summed E-state index contributed by atoms with van der Waals surface area (Å²) in [5.74, 6) is 0.584. The molecule has 9 aromatic rings. The maximum absolute atomic E-state index is 3.06. The van der Waals surface area contributed by atoms with E-state index in [0.717, 1.165) is 0 Å². The predicted octanol–water partition coefficient (Wildman–Crippen LogP) is 14.4. The van der Waals surface area contributed by atoms with Crippen LogP contribution in [0.3, 0.4) is 0 Å². The fraction of sp³-hybridized carbons (Fsp3) is 0.0800. The molecule has 0 unspecified atom stereocenters. The Morgan fingerprint density at radius 3 is 1.62 bits per heavy atom. The zero-order chi connectivity index (χ0) is 34.6. The first-order valence-corrected chi connectivity index (χ1v) is 21.4. The number of aryl methyl sites for hydroxylation is 1. The molecule has 0 heterocycles. The van der Waals surface area contributed by atoms with Gasteiger partial charge in [0.05, 0.1) is 0 Å². The zero-order valence-corrected chi connectivity index (χ0v) is 34.2. The van der Waals surface area contributed by atoms with Crippen molar-refractivity contribution in [3.63, 3.8) is 0 Å². The second-order valence-corrected chi connectivity index (χ2v) is 13.2. The summed E-state index contributed by atoms with van der Waals surface area (Å²) in [6, 6.07) is 61.7. The van der Waals surface area contributed by atoms with Crippen LogP contribution >= 0.6 is 0 Å². The average molecular weight is 764 g/mol. The van der Waals surface area contributed by atoms with Crippen molar-refractivity contribution in [2.75, 3.05) is 0 Å². The molecule has 0 aliphatic heterocycles. The number of fused-ring (bicyclic) bond motifs is 4. The van der Waals surface area contributed by atoms with E-state index < -0.39 is 0 Å². The quantitative estimate of drug-likeness (QED) is 0.124. The van der Waals surface area contributed by atoms with E-state index in [4.69, 9.17) is 0 Å². The number of benzene rings is 7. The number of rotatable bonds is 4. The Morgan fingerprint density at radius 1 is 0.442 bits per heavy atom. The first kappa shape index (κ1) is 38.6. The van der Waals surface area contributed by atoms with E-state index in [-0.39, 0.29) is 14.9 Å². The molecule has 0 aromatic heterocycles. The van der Waals surface area contributed by atoms with Crippen molar-refractivity contribution in [2.24, 2.45) is 0 Å². The summed E-state index contributed by atoms with van der Waals surface area (Å²) in [6.45, 7) is 9.74. The molecule has 0 nitrogen and oxygen atoms in total. The standard InChI is InChI=1S/C30H21.C18H17.2CH3.Si.Zr/c1-20-16-23-18-24(27-14-6-10-21-8-2-4-12-25(21)27)19-30(29(23)17-20)28-15-7-11-22-9-3-5-13-26(22)28;1-13(2)16-11-15-9-6-10-17(18(15)12-16)14-7-4-3-5-8-14;;;;/h2-19H,1H3;3-13H,1-2H3;2*1H3;;/q4*-1;;. The van der Waals surface area contributed by atoms with E-state index in [1.807, 2.05) is 0 Å². The van der Waals surface area contributed by atoms with Crippen LogP contribution in [0.4, 0.5) is 0 Å². The van der Waals surface area contributed by atoms with Gasteiger partial charge in [0, 0.05) is 0 Å². The van der Waals surface area contributed by atoms with Gasteiger partial charge in [0.15, 0.2) is 0 Å². The molecule has 0 aliphatic carbocycles. The van der Waals surface area contributed by atoms with E-state index in [9.17, 15) is 0 Å². The average Bonchev–Trinajstić information content (AvgIpc) is 3.79. The molecule has 0 fully saturated rings. The Hall–Kier alpha value is -4.62. The van der Waals surface area contributed by atoms with Crippen LogP contribution in [-0.4, -0.2) is 6.88 Å². The molecule has 0 aliphatic rings. The summed E-state index contributed by atoms with van der Waals surface area (Å²) >= 11 is 1.36. The van der Waals surface area contributed by atoms with Crippen LogP contribution in [0.2, 0.25) is 0 Å². The van der Waals surface area contributed by atoms with Gasteiger partial charge in [-0.15, -0.1) is 63.0 Å². The second-order valence-electron chi connectivity index (χ2n) is 13.2. The second kappa shape index (κ2) is 17.3. The minimum atomic E-state index is 0. The van der Waals surface area contributed by atoms with Crippen molar-refractivity contribution >= 4 is 50.0 Å². The van der Waals surface area contributed by atoms with Crippen LogP contribution in [0.5, 0.6) is 0 Å². The molecule has 2 heteroatoms. The van der Waals surface area contributed by atoms with Gasteiger partial charge in [0.25, 0.3) is 0 Å². The Balaban J connectivity index is 0.000000205. The predicted molar refractivity (Wildman–Crippen MR) is 228 cm³/mol. The minimum absolute atomic E-state index is 0. The van der Waals surface area contributed by atoms with Crippen LogP contribution in [0, 0.1) is 21.8 Å². The van der Waals surface area contributed by atoms with E-state index in [1.54, 1.807) is 0 Å². The Morgan fingerprint density at radius 2 is 0.962 bits per heavy atom. The maximum atomic E-state index is 3.06. The molecule has 0 spiro atoms. The summed E-state index contributed by atoms with van der Waals surface area (Å²) < 4.78 is 0. The summed E-state index contributed by atoms with van der Waals surface area (Å²) in [7, 11) is 0. The van der Waals surface area contributed by atoms with Crippen molar-refractivity contribution in [1.82, 2.24) is 0 Å². The van der Waals surface area contributed by atoms with Crippen molar-refractivity contribution in [2.45, 2.75) is 26.7 Å². The van der Waals surface area contributed by atoms with Gasteiger partial charge >= 0.3 is 30.2 Å². The van der Waals surface area contributed by atoms with Gasteiger partial charge in [-0.05, 0) is 44.2 Å². The Bertz CT molecular complexity index is 2560. The molecule has 256 valence electrons. The third-order valence-corrected chi connectivity index (χ3v) is 9.67. The van der Waals surface area contributed by atoms with E-state index in [2.05, 4.69) is 198 Å². The van der Waals surface area contributed by atoms with Crippen LogP contribution in [0.1, 0.15) is 30.9 Å². The third kappa shape index (κ3) is 7.75. The molecule has 9 rings (SSSR count). The van der Waals surface area contributed by atoms with Crippen molar-refractivity contribution in [1.29, 1.82) is 0 Å². The Kier molecular flexibility index (Phi) is 12.8. The van der Waals surface area contributed by atoms with Crippen LogP contribution in [-0.2, 0) is 23.3 Å². The van der Waals surface area contributed by atoms with Gasteiger partial charge in [-0.25, -0.2) is 0 Å². The molecule has 0 saturated heterocycles. The van der Waals surface area contributed by atoms with Crippen molar-refractivity contribution in [3.8, 4) is 33.4 Å². The third-order valence-electron chi connectivity index (χ3n) is 9.67. The van der Waals surface area contributed by atoms with Crippen molar-refractivity contribution in [3.05, 3.63) is 196 Å². The molecule has 52 heavy (non-hydrogen) atoms. The summed E-state index contributed by atoms with van der Waals surface area (Å²) in [5, 5.41) is 10.5. The fourth-order valence-corrected chi connectivity index (χ4v) is 7.25. The molecule has 9 aromatic carbocycles. The van der Waals surface area contributed by atoms with Crippen molar-refractivity contribution < 1.29 is 23.3 Å². The zero-order valence-electron chi connectivity index (χ0n) is 30.7. The van der Waals surface area contributed by atoms with Gasteiger partial charge in [-0.3, -0.25) is 0 Å². The molecule has 0 bridgehead atoms. The summed E-state index contributed by atoms with van der Waals surface area (Å²) in [5.41, 5.74) is 10.5. The molecular weight excluding hydrogens is 720 g/mol. The molecule has 0 saturated carbocycles. The van der Waals surface area contributed by atoms with Gasteiger partial charge in [-0.1, -0.05) is 165 Å². The number of hydrogen-bond acceptors (Lipinski definition) is 0. The monoisotopic (exact) mass is 762 g/mol. The number of hydrogen-bond donors (Lipinski definition) is 0. The van der Waals surface area contributed by atoms with Crippen LogP contribution < -0.4 is 0 Å². The molecule has 0 atom stereocenters. The summed E-state index contributed by atoms with van der Waals surface area (Å²) in [4.78, 5) is 0. The van der Waals surface area contributed by atoms with Gasteiger partial charge in [0.2, 0.25) is 0 Å². The molecular formula is C50H44SiZr-4. The summed E-state index contributed by atoms with van der Waals surface area (Å²) in [6.07, 6.45) is 0. The molecule has 0 N–H and O–H groups in total. The normalized spacial score (nSPS) is 10.6.